The highest BCUT2D eigenvalue weighted by Gasteiger charge is 2.20. The van der Waals surface area contributed by atoms with E-state index >= 15 is 0 Å². The number of carbonyl (C=O) groups is 1. The SMILES string of the molecule is O=C(O)C(Cc1ccc2ncccc2c1)c1ccccc1. The van der Waals surface area contributed by atoms with Gasteiger partial charge in [0.15, 0.2) is 0 Å². The number of aliphatic carboxylic acids is 1. The number of rotatable bonds is 4. The van der Waals surface area contributed by atoms with Crippen LogP contribution in [-0.2, 0) is 11.2 Å². The zero-order chi connectivity index (χ0) is 14.7. The van der Waals surface area contributed by atoms with E-state index in [0.717, 1.165) is 22.0 Å². The largest absolute Gasteiger partial charge is 0.481 e. The summed E-state index contributed by atoms with van der Waals surface area (Å²) in [5.74, 6) is -1.33. The maximum atomic E-state index is 11.6. The average Bonchev–Trinajstić information content (AvgIpc) is 2.53. The minimum Gasteiger partial charge on any atom is -0.481 e. The molecule has 21 heavy (non-hydrogen) atoms. The van der Waals surface area contributed by atoms with Gasteiger partial charge in [0, 0.05) is 11.6 Å². The maximum Gasteiger partial charge on any atom is 0.311 e. The topological polar surface area (TPSA) is 50.2 Å². The molecule has 0 bridgehead atoms. The molecule has 1 heterocycles. The Balaban J connectivity index is 1.93. The van der Waals surface area contributed by atoms with Crippen molar-refractivity contribution in [1.29, 1.82) is 0 Å². The Morgan fingerprint density at radius 3 is 2.62 bits per heavy atom. The summed E-state index contributed by atoms with van der Waals surface area (Å²) >= 11 is 0. The van der Waals surface area contributed by atoms with Crippen LogP contribution in [0.5, 0.6) is 0 Å². The summed E-state index contributed by atoms with van der Waals surface area (Å²) in [6.07, 6.45) is 2.23. The summed E-state index contributed by atoms with van der Waals surface area (Å²) in [7, 11) is 0. The molecule has 1 N–H and O–H groups in total. The molecule has 0 amide bonds. The van der Waals surface area contributed by atoms with Crippen molar-refractivity contribution in [3.8, 4) is 0 Å². The Bertz CT molecular complexity index is 768. The molecular formula is C18H15NO2. The highest BCUT2D eigenvalue weighted by molar-refractivity contribution is 5.80. The standard InChI is InChI=1S/C18H15NO2/c20-18(21)16(14-5-2-1-3-6-14)12-13-8-9-17-15(11-13)7-4-10-19-17/h1-11,16H,12H2,(H,20,21). The van der Waals surface area contributed by atoms with E-state index in [1.165, 1.54) is 0 Å². The fourth-order valence-electron chi connectivity index (χ4n) is 2.52. The Morgan fingerprint density at radius 1 is 1.05 bits per heavy atom. The third-order valence-corrected chi connectivity index (χ3v) is 3.61. The third kappa shape index (κ3) is 2.92. The fourth-order valence-corrected chi connectivity index (χ4v) is 2.52. The highest BCUT2D eigenvalue weighted by Crippen LogP contribution is 2.23. The van der Waals surface area contributed by atoms with Gasteiger partial charge in [-0.3, -0.25) is 9.78 Å². The van der Waals surface area contributed by atoms with Crippen LogP contribution in [0, 0.1) is 0 Å². The monoisotopic (exact) mass is 277 g/mol. The van der Waals surface area contributed by atoms with Crippen molar-refractivity contribution in [2.24, 2.45) is 0 Å². The molecule has 1 unspecified atom stereocenters. The molecule has 2 aromatic carbocycles. The second-order valence-electron chi connectivity index (χ2n) is 5.04. The zero-order valence-electron chi connectivity index (χ0n) is 11.4. The van der Waals surface area contributed by atoms with E-state index in [1.54, 1.807) is 6.20 Å². The van der Waals surface area contributed by atoms with Crippen LogP contribution >= 0.6 is 0 Å². The van der Waals surface area contributed by atoms with E-state index in [2.05, 4.69) is 4.98 Å². The number of carboxylic acid groups (broad SMARTS) is 1. The van der Waals surface area contributed by atoms with Crippen molar-refractivity contribution in [2.45, 2.75) is 12.3 Å². The molecule has 0 fully saturated rings. The van der Waals surface area contributed by atoms with E-state index < -0.39 is 11.9 Å². The molecule has 0 spiro atoms. The van der Waals surface area contributed by atoms with E-state index in [-0.39, 0.29) is 0 Å². The Kier molecular flexibility index (Phi) is 3.65. The minimum absolute atomic E-state index is 0.476. The van der Waals surface area contributed by atoms with Gasteiger partial charge in [0.25, 0.3) is 0 Å². The van der Waals surface area contributed by atoms with Crippen molar-refractivity contribution < 1.29 is 9.90 Å². The van der Waals surface area contributed by atoms with E-state index in [0.29, 0.717) is 6.42 Å². The van der Waals surface area contributed by atoms with E-state index in [1.807, 2.05) is 60.7 Å². The zero-order valence-corrected chi connectivity index (χ0v) is 11.4. The number of benzene rings is 2. The predicted octanol–water partition coefficient (Wildman–Crippen LogP) is 3.65. The van der Waals surface area contributed by atoms with Crippen molar-refractivity contribution in [3.63, 3.8) is 0 Å². The first kappa shape index (κ1) is 13.3. The Labute approximate surface area is 122 Å². The van der Waals surface area contributed by atoms with Gasteiger partial charge in [-0.15, -0.1) is 0 Å². The third-order valence-electron chi connectivity index (χ3n) is 3.61. The first-order valence-corrected chi connectivity index (χ1v) is 6.85. The molecule has 0 aliphatic carbocycles. The van der Waals surface area contributed by atoms with Crippen LogP contribution in [0.1, 0.15) is 17.0 Å². The molecule has 0 radical (unpaired) electrons. The van der Waals surface area contributed by atoms with Crippen LogP contribution in [0.4, 0.5) is 0 Å². The van der Waals surface area contributed by atoms with E-state index in [9.17, 15) is 9.90 Å². The molecule has 3 rings (SSSR count). The number of fused-ring (bicyclic) bond motifs is 1. The second kappa shape index (κ2) is 5.75. The lowest BCUT2D eigenvalue weighted by Gasteiger charge is -2.13. The summed E-state index contributed by atoms with van der Waals surface area (Å²) in [6.45, 7) is 0. The van der Waals surface area contributed by atoms with Crippen LogP contribution in [0.3, 0.4) is 0 Å². The summed E-state index contributed by atoms with van der Waals surface area (Å²) < 4.78 is 0. The Morgan fingerprint density at radius 2 is 1.86 bits per heavy atom. The van der Waals surface area contributed by atoms with Gasteiger partial charge in [0.05, 0.1) is 11.4 Å². The van der Waals surface area contributed by atoms with Crippen LogP contribution in [0.25, 0.3) is 10.9 Å². The van der Waals surface area contributed by atoms with Gasteiger partial charge in [-0.1, -0.05) is 42.5 Å². The molecule has 104 valence electrons. The number of pyridine rings is 1. The van der Waals surface area contributed by atoms with Gasteiger partial charge < -0.3 is 5.11 Å². The van der Waals surface area contributed by atoms with Gasteiger partial charge in [-0.2, -0.15) is 0 Å². The highest BCUT2D eigenvalue weighted by atomic mass is 16.4. The first-order valence-electron chi connectivity index (χ1n) is 6.85. The van der Waals surface area contributed by atoms with Crippen molar-refractivity contribution >= 4 is 16.9 Å². The molecule has 3 nitrogen and oxygen atoms in total. The quantitative estimate of drug-likeness (QED) is 0.792. The fraction of sp³-hybridized carbons (Fsp3) is 0.111. The number of carboxylic acids is 1. The number of nitrogens with zero attached hydrogens (tertiary/aromatic N) is 1. The molecule has 0 saturated heterocycles. The molecule has 3 heteroatoms. The van der Waals surface area contributed by atoms with Gasteiger partial charge in [-0.05, 0) is 35.7 Å². The Hall–Kier alpha value is -2.68. The van der Waals surface area contributed by atoms with Crippen molar-refractivity contribution in [2.75, 3.05) is 0 Å². The number of aromatic nitrogens is 1. The van der Waals surface area contributed by atoms with Crippen LogP contribution in [0.2, 0.25) is 0 Å². The molecule has 1 aromatic heterocycles. The number of hydrogen-bond acceptors (Lipinski definition) is 2. The average molecular weight is 277 g/mol. The van der Waals surface area contributed by atoms with E-state index in [4.69, 9.17) is 0 Å². The lowest BCUT2D eigenvalue weighted by atomic mass is 9.91. The van der Waals surface area contributed by atoms with Crippen LogP contribution in [0.15, 0.2) is 66.9 Å². The van der Waals surface area contributed by atoms with Gasteiger partial charge in [0.1, 0.15) is 0 Å². The summed E-state index contributed by atoms with van der Waals surface area (Å²) in [5.41, 5.74) is 2.76. The smallest absolute Gasteiger partial charge is 0.311 e. The van der Waals surface area contributed by atoms with Crippen LogP contribution < -0.4 is 0 Å². The summed E-state index contributed by atoms with van der Waals surface area (Å²) in [5, 5.41) is 10.5. The summed E-state index contributed by atoms with van der Waals surface area (Å²) in [4.78, 5) is 15.8. The normalized spacial score (nSPS) is 12.2. The van der Waals surface area contributed by atoms with Crippen molar-refractivity contribution in [1.82, 2.24) is 4.98 Å². The number of hydrogen-bond donors (Lipinski definition) is 1. The molecule has 0 aliphatic heterocycles. The lowest BCUT2D eigenvalue weighted by molar-refractivity contribution is -0.138. The van der Waals surface area contributed by atoms with Crippen LogP contribution in [-0.4, -0.2) is 16.1 Å². The molecule has 3 aromatic rings. The van der Waals surface area contributed by atoms with Gasteiger partial charge in [0.2, 0.25) is 0 Å². The van der Waals surface area contributed by atoms with Gasteiger partial charge in [-0.25, -0.2) is 0 Å². The molecular weight excluding hydrogens is 262 g/mol. The first-order chi connectivity index (χ1) is 10.2. The lowest BCUT2D eigenvalue weighted by Crippen LogP contribution is -2.14. The van der Waals surface area contributed by atoms with Crippen molar-refractivity contribution in [3.05, 3.63) is 78.0 Å². The molecule has 0 saturated carbocycles. The minimum atomic E-state index is -0.799. The second-order valence-corrected chi connectivity index (χ2v) is 5.04. The molecule has 1 atom stereocenters. The van der Waals surface area contributed by atoms with Gasteiger partial charge >= 0.3 is 5.97 Å². The predicted molar refractivity (Wildman–Crippen MR) is 82.3 cm³/mol. The maximum absolute atomic E-state index is 11.6. The summed E-state index contributed by atoms with van der Waals surface area (Å²) in [6, 6.07) is 19.1. The molecule has 0 aliphatic rings.